The number of carbonyl (C=O) groups excluding carboxylic acids is 1. The lowest BCUT2D eigenvalue weighted by Gasteiger charge is -2.15. The van der Waals surface area contributed by atoms with Gasteiger partial charge in [-0.05, 0) is 25.5 Å². The van der Waals surface area contributed by atoms with Crippen molar-refractivity contribution in [2.75, 3.05) is 6.61 Å². The average Bonchev–Trinajstić information content (AvgIpc) is 2.44. The van der Waals surface area contributed by atoms with Crippen molar-refractivity contribution >= 4 is 16.8 Å². The van der Waals surface area contributed by atoms with E-state index in [1.165, 1.54) is 6.07 Å². The SMILES string of the molecule is CCC(CO)NC(=O)c1cc(C)nc2c(F)cccc12. The number of hydrogen-bond acceptors (Lipinski definition) is 3. The van der Waals surface area contributed by atoms with Crippen LogP contribution in [0.4, 0.5) is 4.39 Å². The molecule has 0 saturated carbocycles. The van der Waals surface area contributed by atoms with Crippen molar-refractivity contribution in [2.24, 2.45) is 0 Å². The number of carbonyl (C=O) groups is 1. The second kappa shape index (κ2) is 5.96. The summed E-state index contributed by atoms with van der Waals surface area (Å²) in [6.07, 6.45) is 0.624. The smallest absolute Gasteiger partial charge is 0.252 e. The van der Waals surface area contributed by atoms with Crippen molar-refractivity contribution in [3.63, 3.8) is 0 Å². The Kier molecular flexibility index (Phi) is 4.29. The average molecular weight is 276 g/mol. The zero-order valence-electron chi connectivity index (χ0n) is 11.5. The van der Waals surface area contributed by atoms with Crippen molar-refractivity contribution in [1.82, 2.24) is 10.3 Å². The lowest BCUT2D eigenvalue weighted by molar-refractivity contribution is 0.0916. The molecule has 1 heterocycles. The number of aromatic nitrogens is 1. The third-order valence-corrected chi connectivity index (χ3v) is 3.21. The molecule has 20 heavy (non-hydrogen) atoms. The minimum absolute atomic E-state index is 0.126. The molecule has 0 aliphatic carbocycles. The summed E-state index contributed by atoms with van der Waals surface area (Å²) < 4.78 is 13.8. The molecule has 0 radical (unpaired) electrons. The number of aliphatic hydroxyl groups is 1. The van der Waals surface area contributed by atoms with E-state index in [9.17, 15) is 9.18 Å². The standard InChI is InChI=1S/C15H17FN2O2/c1-3-10(8-19)18-15(20)12-7-9(2)17-14-11(12)5-4-6-13(14)16/h4-7,10,19H,3,8H2,1-2H3,(H,18,20). The third kappa shape index (κ3) is 2.77. The lowest BCUT2D eigenvalue weighted by Crippen LogP contribution is -2.37. The summed E-state index contributed by atoms with van der Waals surface area (Å²) >= 11 is 0. The normalized spacial score (nSPS) is 12.4. The second-order valence-corrected chi connectivity index (χ2v) is 4.71. The number of nitrogens with one attached hydrogen (secondary N) is 1. The number of para-hydroxylation sites is 1. The van der Waals surface area contributed by atoms with Crippen LogP contribution in [0, 0.1) is 12.7 Å². The van der Waals surface area contributed by atoms with Gasteiger partial charge in [0.25, 0.3) is 5.91 Å². The zero-order chi connectivity index (χ0) is 14.7. The van der Waals surface area contributed by atoms with Crippen molar-refractivity contribution < 1.29 is 14.3 Å². The monoisotopic (exact) mass is 276 g/mol. The van der Waals surface area contributed by atoms with Gasteiger partial charge < -0.3 is 10.4 Å². The summed E-state index contributed by atoms with van der Waals surface area (Å²) in [6, 6.07) is 5.86. The fourth-order valence-corrected chi connectivity index (χ4v) is 2.07. The minimum Gasteiger partial charge on any atom is -0.394 e. The molecule has 2 aromatic rings. The van der Waals surface area contributed by atoms with Gasteiger partial charge in [-0.15, -0.1) is 0 Å². The topological polar surface area (TPSA) is 62.2 Å². The maximum atomic E-state index is 13.8. The Morgan fingerprint density at radius 1 is 1.50 bits per heavy atom. The number of pyridine rings is 1. The van der Waals surface area contributed by atoms with Gasteiger partial charge in [-0.3, -0.25) is 4.79 Å². The van der Waals surface area contributed by atoms with Gasteiger partial charge in [0, 0.05) is 11.1 Å². The van der Waals surface area contributed by atoms with Crippen LogP contribution in [-0.2, 0) is 0 Å². The van der Waals surface area contributed by atoms with Crippen LogP contribution in [0.15, 0.2) is 24.3 Å². The fraction of sp³-hybridized carbons (Fsp3) is 0.333. The Bertz CT molecular complexity index is 639. The molecule has 1 amide bonds. The highest BCUT2D eigenvalue weighted by atomic mass is 19.1. The first kappa shape index (κ1) is 14.4. The van der Waals surface area contributed by atoms with Crippen LogP contribution in [-0.4, -0.2) is 28.6 Å². The Balaban J connectivity index is 2.48. The maximum absolute atomic E-state index is 13.8. The van der Waals surface area contributed by atoms with Crippen LogP contribution in [0.5, 0.6) is 0 Å². The lowest BCUT2D eigenvalue weighted by atomic mass is 10.1. The number of nitrogens with zero attached hydrogens (tertiary/aromatic N) is 1. The molecule has 0 aliphatic heterocycles. The van der Waals surface area contributed by atoms with Gasteiger partial charge in [0.2, 0.25) is 0 Å². The summed E-state index contributed by atoms with van der Waals surface area (Å²) in [4.78, 5) is 16.4. The zero-order valence-corrected chi connectivity index (χ0v) is 11.5. The van der Waals surface area contributed by atoms with Crippen LogP contribution in [0.2, 0.25) is 0 Å². The molecule has 1 aromatic carbocycles. The van der Waals surface area contributed by atoms with E-state index < -0.39 is 5.82 Å². The number of aryl methyl sites for hydroxylation is 1. The third-order valence-electron chi connectivity index (χ3n) is 3.21. The van der Waals surface area contributed by atoms with Gasteiger partial charge >= 0.3 is 0 Å². The molecule has 0 fully saturated rings. The molecule has 4 nitrogen and oxygen atoms in total. The van der Waals surface area contributed by atoms with E-state index in [2.05, 4.69) is 10.3 Å². The summed E-state index contributed by atoms with van der Waals surface area (Å²) in [6.45, 7) is 3.46. The Morgan fingerprint density at radius 3 is 2.90 bits per heavy atom. The molecule has 1 aromatic heterocycles. The molecule has 0 saturated heterocycles. The Labute approximate surface area is 116 Å². The Morgan fingerprint density at radius 2 is 2.25 bits per heavy atom. The van der Waals surface area contributed by atoms with Crippen LogP contribution in [0.1, 0.15) is 29.4 Å². The highest BCUT2D eigenvalue weighted by Crippen LogP contribution is 2.21. The van der Waals surface area contributed by atoms with Crippen molar-refractivity contribution in [1.29, 1.82) is 0 Å². The first-order valence-electron chi connectivity index (χ1n) is 6.54. The van der Waals surface area contributed by atoms with Gasteiger partial charge in [-0.2, -0.15) is 0 Å². The van der Waals surface area contributed by atoms with Gasteiger partial charge in [0.05, 0.1) is 18.2 Å². The van der Waals surface area contributed by atoms with Crippen LogP contribution >= 0.6 is 0 Å². The molecule has 0 spiro atoms. The fourth-order valence-electron chi connectivity index (χ4n) is 2.07. The highest BCUT2D eigenvalue weighted by molar-refractivity contribution is 6.06. The molecule has 2 N–H and O–H groups in total. The molecular weight excluding hydrogens is 259 g/mol. The predicted molar refractivity (Wildman–Crippen MR) is 75.1 cm³/mol. The van der Waals surface area contributed by atoms with Crippen LogP contribution in [0.3, 0.4) is 0 Å². The first-order valence-corrected chi connectivity index (χ1v) is 6.54. The van der Waals surface area contributed by atoms with Crippen LogP contribution in [0.25, 0.3) is 10.9 Å². The Hall–Kier alpha value is -2.01. The summed E-state index contributed by atoms with van der Waals surface area (Å²) in [5.74, 6) is -0.776. The molecule has 1 unspecified atom stereocenters. The van der Waals surface area contributed by atoms with E-state index in [4.69, 9.17) is 5.11 Å². The summed E-state index contributed by atoms with van der Waals surface area (Å²) in [5.41, 5.74) is 1.14. The van der Waals surface area contributed by atoms with Crippen molar-refractivity contribution in [2.45, 2.75) is 26.3 Å². The van der Waals surface area contributed by atoms with E-state index >= 15 is 0 Å². The number of hydrogen-bond donors (Lipinski definition) is 2. The molecular formula is C15H17FN2O2. The van der Waals surface area contributed by atoms with Gasteiger partial charge in [0.15, 0.2) is 0 Å². The van der Waals surface area contributed by atoms with E-state index in [-0.39, 0.29) is 24.1 Å². The number of fused-ring (bicyclic) bond motifs is 1. The van der Waals surface area contributed by atoms with Crippen molar-refractivity contribution in [3.05, 3.63) is 41.3 Å². The van der Waals surface area contributed by atoms with Gasteiger partial charge in [-0.1, -0.05) is 19.1 Å². The molecule has 2 rings (SSSR count). The number of halogens is 1. The van der Waals surface area contributed by atoms with E-state index in [0.717, 1.165) is 0 Å². The van der Waals surface area contributed by atoms with E-state index in [1.54, 1.807) is 25.1 Å². The number of aliphatic hydroxyl groups excluding tert-OH is 1. The minimum atomic E-state index is -0.450. The first-order chi connectivity index (χ1) is 9.56. The number of amides is 1. The number of benzene rings is 1. The molecule has 0 bridgehead atoms. The van der Waals surface area contributed by atoms with E-state index in [1.807, 2.05) is 6.92 Å². The second-order valence-electron chi connectivity index (χ2n) is 4.71. The van der Waals surface area contributed by atoms with Crippen LogP contribution < -0.4 is 5.32 Å². The molecule has 5 heteroatoms. The number of rotatable bonds is 4. The molecule has 106 valence electrons. The van der Waals surface area contributed by atoms with Gasteiger partial charge in [-0.25, -0.2) is 9.37 Å². The summed E-state index contributed by atoms with van der Waals surface area (Å²) in [5, 5.41) is 12.4. The van der Waals surface area contributed by atoms with Gasteiger partial charge in [0.1, 0.15) is 11.3 Å². The highest BCUT2D eigenvalue weighted by Gasteiger charge is 2.16. The van der Waals surface area contributed by atoms with Crippen molar-refractivity contribution in [3.8, 4) is 0 Å². The largest absolute Gasteiger partial charge is 0.394 e. The quantitative estimate of drug-likeness (QED) is 0.899. The molecule has 0 aliphatic rings. The predicted octanol–water partition coefficient (Wildman–Crippen LogP) is 2.18. The molecule has 1 atom stereocenters. The summed E-state index contributed by atoms with van der Waals surface area (Å²) in [7, 11) is 0. The van der Waals surface area contributed by atoms with E-state index in [0.29, 0.717) is 23.1 Å². The maximum Gasteiger partial charge on any atom is 0.252 e.